The maximum Gasteiger partial charge on any atom is 0.233 e. The van der Waals surface area contributed by atoms with E-state index in [9.17, 15) is 0 Å². The highest BCUT2D eigenvalue weighted by molar-refractivity contribution is 5.40. The lowest BCUT2D eigenvalue weighted by molar-refractivity contribution is 0.395. The third kappa shape index (κ3) is 2.56. The highest BCUT2D eigenvalue weighted by Crippen LogP contribution is 2.25. The molecule has 1 aromatic heterocycles. The minimum atomic E-state index is 0.548. The van der Waals surface area contributed by atoms with E-state index in [-0.39, 0.29) is 0 Å². The molecule has 1 saturated heterocycles. The summed E-state index contributed by atoms with van der Waals surface area (Å²) in [5, 5.41) is 3.61. The number of nitrogens with zero attached hydrogens (tertiary/aromatic N) is 3. The minimum Gasteiger partial charge on any atom is -0.480 e. The van der Waals surface area contributed by atoms with E-state index in [1.165, 1.54) is 25.7 Å². The van der Waals surface area contributed by atoms with Crippen LogP contribution in [0.2, 0.25) is 0 Å². The monoisotopic (exact) mass is 248 g/mol. The average molecular weight is 248 g/mol. The fourth-order valence-electron chi connectivity index (χ4n) is 2.51. The Morgan fingerprint density at radius 3 is 3.06 bits per heavy atom. The van der Waals surface area contributed by atoms with Crippen molar-refractivity contribution in [1.29, 1.82) is 0 Å². The Labute approximate surface area is 108 Å². The molecule has 2 fully saturated rings. The zero-order valence-electron chi connectivity index (χ0n) is 10.8. The van der Waals surface area contributed by atoms with Crippen LogP contribution in [0.4, 0.5) is 5.82 Å². The second kappa shape index (κ2) is 5.10. The molecule has 0 radical (unpaired) electrons. The lowest BCUT2D eigenvalue weighted by Crippen LogP contribution is -2.39. The summed E-state index contributed by atoms with van der Waals surface area (Å²) in [6, 6.07) is 1.32. The van der Waals surface area contributed by atoms with Crippen molar-refractivity contribution in [2.45, 2.75) is 37.8 Å². The van der Waals surface area contributed by atoms with Gasteiger partial charge in [-0.15, -0.1) is 0 Å². The van der Waals surface area contributed by atoms with Crippen molar-refractivity contribution in [3.8, 4) is 5.88 Å². The van der Waals surface area contributed by atoms with Gasteiger partial charge in [0.1, 0.15) is 0 Å². The Balaban J connectivity index is 1.67. The Kier molecular flexibility index (Phi) is 3.32. The van der Waals surface area contributed by atoms with Gasteiger partial charge in [0.15, 0.2) is 5.82 Å². The first-order valence-corrected chi connectivity index (χ1v) is 6.73. The molecule has 1 aromatic rings. The van der Waals surface area contributed by atoms with Gasteiger partial charge in [-0.05, 0) is 25.7 Å². The number of ether oxygens (including phenoxy) is 1. The molecule has 1 saturated carbocycles. The van der Waals surface area contributed by atoms with Crippen LogP contribution in [0.1, 0.15) is 25.7 Å². The zero-order chi connectivity index (χ0) is 12.4. The van der Waals surface area contributed by atoms with Gasteiger partial charge in [0.2, 0.25) is 5.88 Å². The summed E-state index contributed by atoms with van der Waals surface area (Å²) in [7, 11) is 1.63. The molecule has 98 valence electrons. The van der Waals surface area contributed by atoms with Crippen LogP contribution in [0.15, 0.2) is 12.4 Å². The third-order valence-electron chi connectivity index (χ3n) is 3.70. The van der Waals surface area contributed by atoms with E-state index >= 15 is 0 Å². The summed E-state index contributed by atoms with van der Waals surface area (Å²) < 4.78 is 5.14. The second-order valence-corrected chi connectivity index (χ2v) is 5.09. The number of anilines is 1. The lowest BCUT2D eigenvalue weighted by atomic mass is 10.2. The molecule has 1 atom stereocenters. The van der Waals surface area contributed by atoms with Gasteiger partial charge < -0.3 is 15.0 Å². The molecule has 3 rings (SSSR count). The molecule has 0 aromatic carbocycles. The summed E-state index contributed by atoms with van der Waals surface area (Å²) >= 11 is 0. The van der Waals surface area contributed by atoms with Crippen molar-refractivity contribution in [1.82, 2.24) is 15.3 Å². The molecule has 5 nitrogen and oxygen atoms in total. The number of aromatic nitrogens is 2. The van der Waals surface area contributed by atoms with E-state index in [2.05, 4.69) is 20.2 Å². The Morgan fingerprint density at radius 2 is 2.28 bits per heavy atom. The van der Waals surface area contributed by atoms with Gasteiger partial charge in [0.25, 0.3) is 0 Å². The van der Waals surface area contributed by atoms with Gasteiger partial charge in [-0.25, -0.2) is 0 Å². The van der Waals surface area contributed by atoms with E-state index in [0.717, 1.165) is 24.9 Å². The molecule has 2 aliphatic rings. The van der Waals surface area contributed by atoms with Crippen LogP contribution in [0.3, 0.4) is 0 Å². The van der Waals surface area contributed by atoms with Crippen molar-refractivity contribution in [3.63, 3.8) is 0 Å². The van der Waals surface area contributed by atoms with Crippen molar-refractivity contribution in [2.24, 2.45) is 0 Å². The lowest BCUT2D eigenvalue weighted by Gasteiger charge is -2.25. The average Bonchev–Trinajstić information content (AvgIpc) is 3.13. The van der Waals surface area contributed by atoms with Gasteiger partial charge >= 0.3 is 0 Å². The van der Waals surface area contributed by atoms with E-state index in [0.29, 0.717) is 11.9 Å². The fraction of sp³-hybridized carbons (Fsp3) is 0.692. The molecule has 0 bridgehead atoms. The molecule has 18 heavy (non-hydrogen) atoms. The number of nitrogens with one attached hydrogen (secondary N) is 1. The Morgan fingerprint density at radius 1 is 1.39 bits per heavy atom. The normalized spacial score (nSPS) is 23.4. The van der Waals surface area contributed by atoms with E-state index < -0.39 is 0 Å². The number of hydrogen-bond acceptors (Lipinski definition) is 5. The molecule has 1 aliphatic carbocycles. The molecule has 1 unspecified atom stereocenters. The van der Waals surface area contributed by atoms with Gasteiger partial charge in [-0.3, -0.25) is 4.98 Å². The summed E-state index contributed by atoms with van der Waals surface area (Å²) in [6.07, 6.45) is 8.63. The van der Waals surface area contributed by atoms with Crippen molar-refractivity contribution < 1.29 is 4.74 Å². The molecule has 1 N–H and O–H groups in total. The number of methoxy groups -OCH3 is 1. The standard InChI is InChI=1S/C13H20N4O/c1-18-13-9-14-8-12(16-13)17-6-2-3-11(17)7-15-10-4-5-10/h8-11,15H,2-7H2,1H3. The highest BCUT2D eigenvalue weighted by Gasteiger charge is 2.28. The summed E-state index contributed by atoms with van der Waals surface area (Å²) in [5.41, 5.74) is 0. The number of rotatable bonds is 5. The fourth-order valence-corrected chi connectivity index (χ4v) is 2.51. The molecular formula is C13H20N4O. The molecule has 0 spiro atoms. The molecule has 5 heteroatoms. The molecular weight excluding hydrogens is 228 g/mol. The van der Waals surface area contributed by atoms with Crippen LogP contribution in [-0.4, -0.2) is 42.3 Å². The van der Waals surface area contributed by atoms with E-state index in [4.69, 9.17) is 4.74 Å². The van der Waals surface area contributed by atoms with Crippen LogP contribution >= 0.6 is 0 Å². The predicted molar refractivity (Wildman–Crippen MR) is 70.0 cm³/mol. The van der Waals surface area contributed by atoms with Crippen molar-refractivity contribution in [3.05, 3.63) is 12.4 Å². The molecule has 1 aliphatic heterocycles. The van der Waals surface area contributed by atoms with Crippen LogP contribution < -0.4 is 15.0 Å². The Hall–Kier alpha value is -1.36. The van der Waals surface area contributed by atoms with Gasteiger partial charge in [0, 0.05) is 25.2 Å². The SMILES string of the molecule is COc1cncc(N2CCCC2CNC2CC2)n1. The third-order valence-corrected chi connectivity index (χ3v) is 3.70. The summed E-state index contributed by atoms with van der Waals surface area (Å²) in [4.78, 5) is 11.0. The maximum atomic E-state index is 5.14. The van der Waals surface area contributed by atoms with Crippen LogP contribution in [0, 0.1) is 0 Å². The van der Waals surface area contributed by atoms with E-state index in [1.807, 2.05) is 6.20 Å². The van der Waals surface area contributed by atoms with E-state index in [1.54, 1.807) is 13.3 Å². The van der Waals surface area contributed by atoms with Crippen LogP contribution in [-0.2, 0) is 0 Å². The maximum absolute atomic E-state index is 5.14. The highest BCUT2D eigenvalue weighted by atomic mass is 16.5. The second-order valence-electron chi connectivity index (χ2n) is 5.09. The van der Waals surface area contributed by atoms with Gasteiger partial charge in [-0.1, -0.05) is 0 Å². The molecule has 0 amide bonds. The summed E-state index contributed by atoms with van der Waals surface area (Å²) in [5.74, 6) is 1.53. The largest absolute Gasteiger partial charge is 0.480 e. The quantitative estimate of drug-likeness (QED) is 0.848. The van der Waals surface area contributed by atoms with Crippen LogP contribution in [0.25, 0.3) is 0 Å². The minimum absolute atomic E-state index is 0.548. The molecule has 2 heterocycles. The van der Waals surface area contributed by atoms with Gasteiger partial charge in [-0.2, -0.15) is 4.98 Å². The first-order chi connectivity index (χ1) is 8.86. The summed E-state index contributed by atoms with van der Waals surface area (Å²) in [6.45, 7) is 2.13. The topological polar surface area (TPSA) is 50.3 Å². The number of hydrogen-bond donors (Lipinski definition) is 1. The van der Waals surface area contributed by atoms with Crippen LogP contribution in [0.5, 0.6) is 5.88 Å². The van der Waals surface area contributed by atoms with Crippen molar-refractivity contribution >= 4 is 5.82 Å². The Bertz CT molecular complexity index is 408. The first-order valence-electron chi connectivity index (χ1n) is 6.73. The zero-order valence-corrected chi connectivity index (χ0v) is 10.8. The van der Waals surface area contributed by atoms with Crippen molar-refractivity contribution in [2.75, 3.05) is 25.1 Å². The predicted octanol–water partition coefficient (Wildman–Crippen LogP) is 1.21. The smallest absolute Gasteiger partial charge is 0.233 e. The first kappa shape index (κ1) is 11.7. The van der Waals surface area contributed by atoms with Gasteiger partial charge in [0.05, 0.1) is 19.5 Å².